The zero-order chi connectivity index (χ0) is 92.8. The van der Waals surface area contributed by atoms with E-state index in [9.17, 15) is 62.6 Å². The SMILES string of the molecule is C=C1NC(=O)C2NC(=O)C(CC(C)C)NC(=O)C(NC(=O)C3CSC(C)C(NC(=O)C(Cc4ccccc4)NC(=O)C4NC(=O)C(N)CSC4C)C(=O)NC(CC(C)C)C(=O)N4CCCC4C(=O)NCC(=O)NCC(=O)NCC(=O)NCC(=O)NC(C(C)C)C(=O)N3)C(C)SCC(NC(=O)C(CCC(=O)O)NC1=O)C(=O)NC(C(C)CC)C(=O)N/C=C\SC2C. The molecule has 1 aromatic carbocycles. The summed E-state index contributed by atoms with van der Waals surface area (Å²) in [6.45, 7) is 20.1. The third-order valence-corrected chi connectivity index (χ3v) is 26.0. The van der Waals surface area contributed by atoms with Gasteiger partial charge in [-0.15, -0.1) is 11.8 Å². The van der Waals surface area contributed by atoms with E-state index in [4.69, 9.17) is 5.73 Å². The monoisotopic (exact) mass is 1820 g/mol. The van der Waals surface area contributed by atoms with E-state index < -0.39 is 298 Å². The Morgan fingerprint density at radius 3 is 1.74 bits per heavy atom. The van der Waals surface area contributed by atoms with E-state index in [0.29, 0.717) is 12.0 Å². The summed E-state index contributed by atoms with van der Waals surface area (Å²) in [6.07, 6.45) is 0.0583. The minimum Gasteiger partial charge on any atom is -0.481 e. The predicted octanol–water partition coefficient (Wildman–Crippen LogP) is -4.75. The maximum absolute atomic E-state index is 16.0. The number of nitrogens with one attached hydrogen (secondary N) is 18. The van der Waals surface area contributed by atoms with Gasteiger partial charge in [0.1, 0.15) is 78.5 Å². The lowest BCUT2D eigenvalue weighted by Crippen LogP contribution is -2.63. The normalized spacial score (nSPS) is 29.0. The van der Waals surface area contributed by atoms with Crippen molar-refractivity contribution in [3.63, 3.8) is 0 Å². The van der Waals surface area contributed by atoms with Gasteiger partial charge in [0, 0.05) is 63.8 Å². The molecule has 5 heterocycles. The molecule has 19 amide bonds. The van der Waals surface area contributed by atoms with Crippen LogP contribution in [-0.2, 0) is 102 Å². The molecule has 5 aliphatic heterocycles. The number of thioether (sulfide) groups is 4. The first-order chi connectivity index (χ1) is 59.0. The highest BCUT2D eigenvalue weighted by molar-refractivity contribution is 8.02. The highest BCUT2D eigenvalue weighted by Gasteiger charge is 2.45. The molecule has 6 rings (SSSR count). The summed E-state index contributed by atoms with van der Waals surface area (Å²) in [5.41, 5.74) is 5.93. The number of hydrogen-bond donors (Lipinski definition) is 20. The number of carboxylic acids is 1. The molecule has 41 nitrogen and oxygen atoms in total. The summed E-state index contributed by atoms with van der Waals surface area (Å²) in [7, 11) is 0. The number of nitrogens with zero attached hydrogens (tertiary/aromatic N) is 1. The number of hydrogen-bond acceptors (Lipinski definition) is 25. The number of fused-ring (bicyclic) bond motifs is 10. The molecule has 1 aromatic rings. The lowest BCUT2D eigenvalue weighted by molar-refractivity contribution is -0.142. The summed E-state index contributed by atoms with van der Waals surface area (Å²) in [5, 5.41) is 53.2. The van der Waals surface area contributed by atoms with Crippen LogP contribution >= 0.6 is 47.0 Å². The molecule has 19 atom stereocenters. The Morgan fingerprint density at radius 2 is 1.14 bits per heavy atom. The highest BCUT2D eigenvalue weighted by Crippen LogP contribution is 2.27. The van der Waals surface area contributed by atoms with Crippen molar-refractivity contribution in [2.45, 2.75) is 240 Å². The van der Waals surface area contributed by atoms with Crippen LogP contribution < -0.4 is 101 Å². The third-order valence-electron chi connectivity index (χ3n) is 21.0. The Balaban J connectivity index is 1.56. The minimum absolute atomic E-state index is 0.00610. The number of carbonyl (C=O) groups is 20. The van der Waals surface area contributed by atoms with Gasteiger partial charge in [-0.2, -0.15) is 35.3 Å². The number of carboxylic acid groups (broad SMARTS) is 1. The molecule has 45 heteroatoms. The first-order valence-electron chi connectivity index (χ1n) is 41.5. The number of aliphatic carboxylic acids is 1. The van der Waals surface area contributed by atoms with Gasteiger partial charge in [0.05, 0.1) is 37.9 Å². The van der Waals surface area contributed by atoms with E-state index >= 15 is 38.4 Å². The van der Waals surface area contributed by atoms with Crippen molar-refractivity contribution in [2.75, 3.05) is 50.0 Å². The van der Waals surface area contributed by atoms with Crippen molar-refractivity contribution < 1.29 is 101 Å². The molecule has 125 heavy (non-hydrogen) atoms. The summed E-state index contributed by atoms with van der Waals surface area (Å²) in [5.74, 6) is -23.0. The van der Waals surface area contributed by atoms with Crippen LogP contribution in [0.1, 0.15) is 134 Å². The molecule has 0 saturated carbocycles. The lowest BCUT2D eigenvalue weighted by Gasteiger charge is -2.33. The Bertz CT molecular complexity index is 4170. The Labute approximate surface area is 742 Å². The van der Waals surface area contributed by atoms with E-state index in [0.717, 1.165) is 35.3 Å². The van der Waals surface area contributed by atoms with Crippen LogP contribution in [0.3, 0.4) is 0 Å². The van der Waals surface area contributed by atoms with Gasteiger partial charge in [0.25, 0.3) is 5.91 Å². The maximum Gasteiger partial charge on any atom is 0.303 e. The van der Waals surface area contributed by atoms with Crippen molar-refractivity contribution in [3.8, 4) is 0 Å². The fourth-order valence-electron chi connectivity index (χ4n) is 13.6. The van der Waals surface area contributed by atoms with E-state index in [1.807, 2.05) is 0 Å². The van der Waals surface area contributed by atoms with E-state index in [-0.39, 0.29) is 50.3 Å². The Kier molecular flexibility index (Phi) is 41.3. The molecule has 0 spiro atoms. The maximum atomic E-state index is 16.0. The van der Waals surface area contributed by atoms with Crippen LogP contribution in [0.15, 0.2) is 54.2 Å². The summed E-state index contributed by atoms with van der Waals surface area (Å²) in [6, 6.07) is -13.5. The largest absolute Gasteiger partial charge is 0.481 e. The average Bonchev–Trinajstić information content (AvgIpc) is 1.75. The molecule has 21 N–H and O–H groups in total. The minimum atomic E-state index is -1.94. The smallest absolute Gasteiger partial charge is 0.303 e. The molecular formula is C80H120N20O21S4. The van der Waals surface area contributed by atoms with E-state index in [2.05, 4.69) is 102 Å². The van der Waals surface area contributed by atoms with Gasteiger partial charge < -0.3 is 111 Å². The first kappa shape index (κ1) is 103. The number of rotatable bonds is 18. The number of amides is 19. The van der Waals surface area contributed by atoms with Gasteiger partial charge in [0.2, 0.25) is 106 Å². The molecular weight excluding hydrogens is 1710 g/mol. The second kappa shape index (κ2) is 50.0. The van der Waals surface area contributed by atoms with Crippen LogP contribution in [0.5, 0.6) is 0 Å². The zero-order valence-corrected chi connectivity index (χ0v) is 75.3. The summed E-state index contributed by atoms with van der Waals surface area (Å²) >= 11 is 3.62. The fraction of sp³-hybridized carbons (Fsp3) is 0.625. The third kappa shape index (κ3) is 32.4. The van der Waals surface area contributed by atoms with Gasteiger partial charge in [-0.3, -0.25) is 95.9 Å². The number of carbonyl (C=O) groups excluding carboxylic acids is 19. The quantitative estimate of drug-likeness (QED) is 0.0485. The van der Waals surface area contributed by atoms with Crippen LogP contribution in [0, 0.1) is 23.7 Å². The van der Waals surface area contributed by atoms with Gasteiger partial charge in [0.15, 0.2) is 0 Å². The first-order valence-corrected chi connectivity index (χ1v) is 45.5. The summed E-state index contributed by atoms with van der Waals surface area (Å²) in [4.78, 5) is 289. The van der Waals surface area contributed by atoms with Gasteiger partial charge in [-0.05, 0) is 66.7 Å². The van der Waals surface area contributed by atoms with Crippen molar-refractivity contribution in [1.82, 2.24) is 101 Å². The molecule has 2 bridgehead atoms. The van der Waals surface area contributed by atoms with Crippen LogP contribution in [0.4, 0.5) is 0 Å². The second-order valence-corrected chi connectivity index (χ2v) is 37.9. The molecule has 690 valence electrons. The van der Waals surface area contributed by atoms with Gasteiger partial charge >= 0.3 is 5.97 Å². The fourth-order valence-corrected chi connectivity index (χ4v) is 17.6. The zero-order valence-electron chi connectivity index (χ0n) is 72.0. The number of benzene rings is 1. The van der Waals surface area contributed by atoms with Crippen LogP contribution in [0.2, 0.25) is 0 Å². The standard InChI is InChI=1S/C80H120N20O21S4/c1-14-40(8)61-74(115)82-24-26-122-42(10)62-76(117)87-41(9)66(107)88-48(22-23-59(105)106)68(109)92-52(71(112)95-61)35-124-44(12)64(78(119)89-49(27-37(2)3)69(110)97-62)99-72(113)53-36-125-45(13)65(98-70(111)50(29-46-19-16-15-17-20-46)90-77(118)63-43(11)123-34-47(81)67(108)96-63)79(120)91-51(28-38(4)5)80(121)100-25-18-21-54(100)73(114)86-32-57(103)84-30-55(101)83-31-56(102)85-33-58(104)94-60(39(6)7)75(116)93-53/h15-17,19-20,24,26,37-40,42-45,47-54,60-65H,9,14,18,21-23,25,27-36,81H2,1-8,10-13H3,(H,82,115)(H,83,101)(H,84,103)(H,85,102)(H,86,114)(H,87,117)(H,88,107)(H,89,119)(H,90,118)(H,91,120)(H,92,109)(H,93,116)(H,94,104)(H,95,112)(H,96,108)(H,97,110)(H,98,111)(H,99,113)(H,105,106)/b26-24-. The van der Waals surface area contributed by atoms with Crippen molar-refractivity contribution >= 4 is 165 Å². The number of nitrogens with two attached hydrogens (primary N) is 1. The molecule has 0 aromatic heterocycles. The van der Waals surface area contributed by atoms with E-state index in [1.165, 1.54) is 62.9 Å². The van der Waals surface area contributed by atoms with Crippen molar-refractivity contribution in [1.29, 1.82) is 0 Å². The highest BCUT2D eigenvalue weighted by atomic mass is 32.2. The lowest BCUT2D eigenvalue weighted by atomic mass is 9.98. The van der Waals surface area contributed by atoms with Gasteiger partial charge in [-0.1, -0.05) is 126 Å². The second-order valence-electron chi connectivity index (χ2n) is 32.4. The van der Waals surface area contributed by atoms with Crippen molar-refractivity contribution in [2.24, 2.45) is 29.4 Å². The molecule has 19 unspecified atom stereocenters. The Morgan fingerprint density at radius 1 is 0.560 bits per heavy atom. The average molecular weight is 1830 g/mol. The van der Waals surface area contributed by atoms with Crippen LogP contribution in [-0.4, -0.2) is 284 Å². The van der Waals surface area contributed by atoms with Gasteiger partial charge in [-0.25, -0.2) is 0 Å². The van der Waals surface area contributed by atoms with E-state index in [1.54, 1.807) is 78.8 Å². The molecule has 4 saturated heterocycles. The molecule has 0 radical (unpaired) electrons. The van der Waals surface area contributed by atoms with Crippen LogP contribution in [0.25, 0.3) is 0 Å². The Hall–Kier alpha value is -10.5. The summed E-state index contributed by atoms with van der Waals surface area (Å²) < 4.78 is 0. The molecule has 5 aliphatic rings. The predicted molar refractivity (Wildman–Crippen MR) is 466 cm³/mol. The molecule has 4 fully saturated rings. The molecule has 0 aliphatic carbocycles. The topological polar surface area (TPSA) is 607 Å². The van der Waals surface area contributed by atoms with Crippen molar-refractivity contribution in [3.05, 3.63) is 59.8 Å².